The van der Waals surface area contributed by atoms with Gasteiger partial charge in [-0.25, -0.2) is 0 Å². The van der Waals surface area contributed by atoms with E-state index in [-0.39, 0.29) is 19.1 Å². The Morgan fingerprint density at radius 2 is 1.32 bits per heavy atom. The fraction of sp³-hybridized carbons (Fsp3) is 0.231. The van der Waals surface area contributed by atoms with Crippen LogP contribution in [0, 0.1) is 0 Å². The summed E-state index contributed by atoms with van der Waals surface area (Å²) in [6, 6.07) is 27.6. The van der Waals surface area contributed by atoms with Crippen LogP contribution in [0.4, 0.5) is 5.69 Å². The first-order valence-corrected chi connectivity index (χ1v) is 10.5. The average molecular weight is 417 g/mol. The molecule has 0 heterocycles. The number of ether oxygens (including phenoxy) is 1. The molecule has 1 amide bonds. The van der Waals surface area contributed by atoms with E-state index in [0.29, 0.717) is 18.8 Å². The van der Waals surface area contributed by atoms with E-state index < -0.39 is 5.97 Å². The molecule has 1 N–H and O–H groups in total. The molecule has 0 saturated heterocycles. The highest BCUT2D eigenvalue weighted by Crippen LogP contribution is 2.11. The summed E-state index contributed by atoms with van der Waals surface area (Å²) >= 11 is 0. The standard InChI is InChI=1S/C26H28N2O3/c1-2-21-13-15-24(16-14-21)27-25(29)20-31-26(30)19-28(17-22-9-5-3-6-10-22)18-23-11-7-4-8-12-23/h3-16H,2,17-20H2,1H3,(H,27,29). The smallest absolute Gasteiger partial charge is 0.320 e. The van der Waals surface area contributed by atoms with Crippen molar-refractivity contribution in [2.24, 2.45) is 0 Å². The SMILES string of the molecule is CCc1ccc(NC(=O)COC(=O)CN(Cc2ccccc2)Cc2ccccc2)cc1. The normalized spacial score (nSPS) is 10.6. The number of amides is 1. The van der Waals surface area contributed by atoms with Crippen molar-refractivity contribution in [2.75, 3.05) is 18.5 Å². The predicted octanol–water partition coefficient (Wildman–Crippen LogP) is 4.43. The molecule has 0 aliphatic rings. The molecular weight excluding hydrogens is 388 g/mol. The number of esters is 1. The summed E-state index contributed by atoms with van der Waals surface area (Å²) in [6.07, 6.45) is 0.939. The molecule has 3 aromatic carbocycles. The molecule has 3 rings (SSSR count). The second kappa shape index (κ2) is 11.7. The van der Waals surface area contributed by atoms with Gasteiger partial charge in [-0.3, -0.25) is 14.5 Å². The molecule has 0 atom stereocenters. The predicted molar refractivity (Wildman–Crippen MR) is 122 cm³/mol. The van der Waals surface area contributed by atoms with Gasteiger partial charge in [-0.05, 0) is 35.2 Å². The van der Waals surface area contributed by atoms with Gasteiger partial charge in [-0.2, -0.15) is 0 Å². The highest BCUT2D eigenvalue weighted by molar-refractivity contribution is 5.92. The third-order valence-electron chi connectivity index (χ3n) is 4.86. The molecule has 160 valence electrons. The monoisotopic (exact) mass is 416 g/mol. The van der Waals surface area contributed by atoms with Crippen molar-refractivity contribution in [3.63, 3.8) is 0 Å². The molecule has 0 bridgehead atoms. The number of hydrogen-bond acceptors (Lipinski definition) is 4. The van der Waals surface area contributed by atoms with Crippen LogP contribution in [0.3, 0.4) is 0 Å². The first-order chi connectivity index (χ1) is 15.1. The van der Waals surface area contributed by atoms with Gasteiger partial charge < -0.3 is 10.1 Å². The van der Waals surface area contributed by atoms with Crippen molar-refractivity contribution in [3.05, 3.63) is 102 Å². The number of hydrogen-bond donors (Lipinski definition) is 1. The zero-order chi connectivity index (χ0) is 21.9. The summed E-state index contributed by atoms with van der Waals surface area (Å²) in [7, 11) is 0. The lowest BCUT2D eigenvalue weighted by molar-refractivity contribution is -0.148. The minimum absolute atomic E-state index is 0.0995. The van der Waals surface area contributed by atoms with E-state index in [1.54, 1.807) is 0 Å². The van der Waals surface area contributed by atoms with E-state index in [0.717, 1.165) is 17.5 Å². The highest BCUT2D eigenvalue weighted by atomic mass is 16.5. The van der Waals surface area contributed by atoms with Crippen molar-refractivity contribution in [1.82, 2.24) is 4.90 Å². The number of anilines is 1. The van der Waals surface area contributed by atoms with Crippen molar-refractivity contribution in [2.45, 2.75) is 26.4 Å². The quantitative estimate of drug-likeness (QED) is 0.497. The molecule has 0 saturated carbocycles. The summed E-state index contributed by atoms with van der Waals surface area (Å²) in [6.45, 7) is 3.09. The fourth-order valence-corrected chi connectivity index (χ4v) is 3.25. The van der Waals surface area contributed by atoms with Crippen molar-refractivity contribution in [1.29, 1.82) is 0 Å². The number of nitrogens with zero attached hydrogens (tertiary/aromatic N) is 1. The molecule has 0 aliphatic carbocycles. The molecule has 0 aliphatic heterocycles. The van der Waals surface area contributed by atoms with Gasteiger partial charge >= 0.3 is 5.97 Å². The molecule has 0 radical (unpaired) electrons. The van der Waals surface area contributed by atoms with Gasteiger partial charge in [-0.15, -0.1) is 0 Å². The van der Waals surface area contributed by atoms with Gasteiger partial charge in [0.05, 0.1) is 6.54 Å². The average Bonchev–Trinajstić information content (AvgIpc) is 2.79. The maximum atomic E-state index is 12.4. The number of benzene rings is 3. The minimum Gasteiger partial charge on any atom is -0.455 e. The molecule has 5 heteroatoms. The van der Waals surface area contributed by atoms with Crippen molar-refractivity contribution in [3.8, 4) is 0 Å². The van der Waals surface area contributed by atoms with Crippen molar-refractivity contribution >= 4 is 17.6 Å². The third kappa shape index (κ3) is 7.72. The lowest BCUT2D eigenvalue weighted by Gasteiger charge is -2.21. The molecule has 0 aromatic heterocycles. The van der Waals surface area contributed by atoms with Crippen LogP contribution in [0.1, 0.15) is 23.6 Å². The molecule has 0 spiro atoms. The lowest BCUT2D eigenvalue weighted by atomic mass is 10.1. The number of carbonyl (C=O) groups excluding carboxylic acids is 2. The minimum atomic E-state index is -0.427. The van der Waals surface area contributed by atoms with E-state index in [4.69, 9.17) is 4.74 Å². The second-order valence-electron chi connectivity index (χ2n) is 7.38. The topological polar surface area (TPSA) is 58.6 Å². The largest absolute Gasteiger partial charge is 0.455 e. The molecule has 0 unspecified atom stereocenters. The second-order valence-corrected chi connectivity index (χ2v) is 7.38. The van der Waals surface area contributed by atoms with E-state index in [1.807, 2.05) is 89.8 Å². The van der Waals surface area contributed by atoms with Gasteiger partial charge in [0.2, 0.25) is 0 Å². The van der Waals surface area contributed by atoms with E-state index >= 15 is 0 Å². The lowest BCUT2D eigenvalue weighted by Crippen LogP contribution is -2.32. The Morgan fingerprint density at radius 1 is 0.774 bits per heavy atom. The molecular formula is C26H28N2O3. The van der Waals surface area contributed by atoms with Crippen LogP contribution in [0.5, 0.6) is 0 Å². The van der Waals surface area contributed by atoms with Crippen LogP contribution in [0.2, 0.25) is 0 Å². The maximum Gasteiger partial charge on any atom is 0.320 e. The van der Waals surface area contributed by atoms with Crippen molar-refractivity contribution < 1.29 is 14.3 Å². The highest BCUT2D eigenvalue weighted by Gasteiger charge is 2.15. The Kier molecular flexibility index (Phi) is 8.38. The van der Waals surface area contributed by atoms with Gasteiger partial charge in [0.15, 0.2) is 6.61 Å². The number of rotatable bonds is 10. The van der Waals surface area contributed by atoms with Crippen LogP contribution in [-0.4, -0.2) is 29.9 Å². The molecule has 31 heavy (non-hydrogen) atoms. The third-order valence-corrected chi connectivity index (χ3v) is 4.86. The summed E-state index contributed by atoms with van der Waals surface area (Å²) in [5, 5.41) is 2.75. The Morgan fingerprint density at radius 3 is 1.84 bits per heavy atom. The van der Waals surface area contributed by atoms with Crippen LogP contribution in [0.25, 0.3) is 0 Å². The van der Waals surface area contributed by atoms with E-state index in [2.05, 4.69) is 12.2 Å². The number of aryl methyl sites for hydroxylation is 1. The summed E-state index contributed by atoms with van der Waals surface area (Å²) in [5.41, 5.74) is 4.10. The summed E-state index contributed by atoms with van der Waals surface area (Å²) in [4.78, 5) is 26.6. The van der Waals surface area contributed by atoms with Gasteiger partial charge in [0.1, 0.15) is 0 Å². The molecule has 0 fully saturated rings. The van der Waals surface area contributed by atoms with Crippen LogP contribution >= 0.6 is 0 Å². The summed E-state index contributed by atoms with van der Waals surface area (Å²) in [5.74, 6) is -0.779. The molecule has 3 aromatic rings. The van der Waals surface area contributed by atoms with Crippen LogP contribution < -0.4 is 5.32 Å². The van der Waals surface area contributed by atoms with E-state index in [9.17, 15) is 9.59 Å². The first kappa shape index (κ1) is 22.2. The molecule has 5 nitrogen and oxygen atoms in total. The zero-order valence-corrected chi connectivity index (χ0v) is 17.8. The Hall–Kier alpha value is -3.44. The van der Waals surface area contributed by atoms with Gasteiger partial charge in [0.25, 0.3) is 5.91 Å². The Labute approximate surface area is 183 Å². The fourth-order valence-electron chi connectivity index (χ4n) is 3.25. The maximum absolute atomic E-state index is 12.4. The number of carbonyl (C=O) groups is 2. The zero-order valence-electron chi connectivity index (χ0n) is 17.8. The van der Waals surface area contributed by atoms with Gasteiger partial charge in [-0.1, -0.05) is 79.7 Å². The van der Waals surface area contributed by atoms with Gasteiger partial charge in [0, 0.05) is 18.8 Å². The summed E-state index contributed by atoms with van der Waals surface area (Å²) < 4.78 is 5.23. The van der Waals surface area contributed by atoms with Crippen LogP contribution in [0.15, 0.2) is 84.9 Å². The number of nitrogens with one attached hydrogen (secondary N) is 1. The van der Waals surface area contributed by atoms with E-state index in [1.165, 1.54) is 5.56 Å². The first-order valence-electron chi connectivity index (χ1n) is 10.5. The Balaban J connectivity index is 1.53. The Bertz CT molecular complexity index is 915. The van der Waals surface area contributed by atoms with Crippen LogP contribution in [-0.2, 0) is 33.8 Å².